The molecule has 3 N–H and O–H groups in total. The molecule has 2 rings (SSSR count). The van der Waals surface area contributed by atoms with Crippen LogP contribution in [0.3, 0.4) is 0 Å². The number of aryl methyl sites for hydroxylation is 1. The van der Waals surface area contributed by atoms with E-state index in [0.717, 1.165) is 0 Å². The summed E-state index contributed by atoms with van der Waals surface area (Å²) in [5.41, 5.74) is 7.34. The minimum Gasteiger partial charge on any atom is -0.399 e. The predicted molar refractivity (Wildman–Crippen MR) is 85.6 cm³/mol. The standard InChI is InChI=1S/C13H12BrClN2O2S/c1-8-6-10(3-5-13(8)16)20(18,19)17-9-2-4-11(14)12(15)7-9/h2-7,17H,16H2,1H3. The number of nitrogen functional groups attached to an aromatic ring is 1. The lowest BCUT2D eigenvalue weighted by Gasteiger charge is -2.10. The maximum atomic E-state index is 12.3. The number of benzene rings is 2. The summed E-state index contributed by atoms with van der Waals surface area (Å²) in [6.07, 6.45) is 0. The molecule has 0 spiro atoms. The molecule has 0 unspecified atom stereocenters. The van der Waals surface area contributed by atoms with Crippen LogP contribution in [-0.2, 0) is 10.0 Å². The van der Waals surface area contributed by atoms with Crippen molar-refractivity contribution in [2.45, 2.75) is 11.8 Å². The first-order valence-electron chi connectivity index (χ1n) is 5.63. The molecule has 0 heterocycles. The highest BCUT2D eigenvalue weighted by Crippen LogP contribution is 2.27. The first kappa shape index (κ1) is 15.2. The van der Waals surface area contributed by atoms with E-state index in [2.05, 4.69) is 20.7 Å². The van der Waals surface area contributed by atoms with Crippen LogP contribution in [-0.4, -0.2) is 8.42 Å². The monoisotopic (exact) mass is 374 g/mol. The third-order valence-electron chi connectivity index (χ3n) is 2.72. The molecule has 0 fully saturated rings. The van der Waals surface area contributed by atoms with E-state index < -0.39 is 10.0 Å². The lowest BCUT2D eigenvalue weighted by Crippen LogP contribution is -2.13. The largest absolute Gasteiger partial charge is 0.399 e. The number of anilines is 2. The average molecular weight is 376 g/mol. The molecule has 0 atom stereocenters. The molecule has 0 aliphatic rings. The number of rotatable bonds is 3. The summed E-state index contributed by atoms with van der Waals surface area (Å²) in [4.78, 5) is 0.156. The van der Waals surface area contributed by atoms with Gasteiger partial charge in [-0.3, -0.25) is 4.72 Å². The number of hydrogen-bond acceptors (Lipinski definition) is 3. The molecule has 7 heteroatoms. The van der Waals surface area contributed by atoms with Crippen molar-refractivity contribution in [2.24, 2.45) is 0 Å². The Morgan fingerprint density at radius 1 is 1.20 bits per heavy atom. The molecule has 4 nitrogen and oxygen atoms in total. The first-order chi connectivity index (χ1) is 9.29. The number of halogens is 2. The Morgan fingerprint density at radius 2 is 1.90 bits per heavy atom. The molecular formula is C13H12BrClN2O2S. The van der Waals surface area contributed by atoms with Gasteiger partial charge in [-0.05, 0) is 64.8 Å². The molecule has 0 aliphatic heterocycles. The second kappa shape index (κ2) is 5.63. The minimum atomic E-state index is -3.66. The van der Waals surface area contributed by atoms with Crippen LogP contribution in [0.15, 0.2) is 45.8 Å². The van der Waals surface area contributed by atoms with Crippen molar-refractivity contribution >= 4 is 48.9 Å². The van der Waals surface area contributed by atoms with Gasteiger partial charge in [-0.15, -0.1) is 0 Å². The van der Waals surface area contributed by atoms with Crippen molar-refractivity contribution in [3.63, 3.8) is 0 Å². The molecule has 2 aromatic carbocycles. The summed E-state index contributed by atoms with van der Waals surface area (Å²) >= 11 is 9.18. The van der Waals surface area contributed by atoms with E-state index in [1.807, 2.05) is 0 Å². The van der Waals surface area contributed by atoms with Gasteiger partial charge in [-0.25, -0.2) is 8.42 Å². The third-order valence-corrected chi connectivity index (χ3v) is 5.33. The number of hydrogen-bond donors (Lipinski definition) is 2. The highest BCUT2D eigenvalue weighted by Gasteiger charge is 2.15. The second-order valence-electron chi connectivity index (χ2n) is 4.25. The molecule has 0 aliphatic carbocycles. The van der Waals surface area contributed by atoms with E-state index >= 15 is 0 Å². The van der Waals surface area contributed by atoms with Crippen LogP contribution in [0.5, 0.6) is 0 Å². The van der Waals surface area contributed by atoms with Crippen molar-refractivity contribution in [3.8, 4) is 0 Å². The van der Waals surface area contributed by atoms with Gasteiger partial charge in [0.2, 0.25) is 0 Å². The van der Waals surface area contributed by atoms with Gasteiger partial charge < -0.3 is 5.73 Å². The summed E-state index contributed by atoms with van der Waals surface area (Å²) in [7, 11) is -3.66. The Morgan fingerprint density at radius 3 is 2.50 bits per heavy atom. The van der Waals surface area contributed by atoms with Gasteiger partial charge in [0, 0.05) is 10.2 Å². The topological polar surface area (TPSA) is 72.2 Å². The van der Waals surface area contributed by atoms with Crippen LogP contribution >= 0.6 is 27.5 Å². The van der Waals surface area contributed by atoms with Crippen LogP contribution in [0.2, 0.25) is 5.02 Å². The Bertz CT molecular complexity index is 763. The molecule has 0 aromatic heterocycles. The lowest BCUT2D eigenvalue weighted by atomic mass is 10.2. The van der Waals surface area contributed by atoms with Crippen LogP contribution in [0, 0.1) is 6.92 Å². The highest BCUT2D eigenvalue weighted by molar-refractivity contribution is 9.10. The minimum absolute atomic E-state index is 0.156. The number of nitrogens with two attached hydrogens (primary N) is 1. The Kier molecular flexibility index (Phi) is 4.27. The Balaban J connectivity index is 2.35. The maximum absolute atomic E-state index is 12.3. The van der Waals surface area contributed by atoms with Gasteiger partial charge in [0.25, 0.3) is 10.0 Å². The summed E-state index contributed by atoms with van der Waals surface area (Å²) in [6, 6.07) is 9.39. The van der Waals surface area contributed by atoms with E-state index in [1.165, 1.54) is 18.2 Å². The molecule has 0 bridgehead atoms. The summed E-state index contributed by atoms with van der Waals surface area (Å²) in [6.45, 7) is 1.75. The van der Waals surface area contributed by atoms with Crippen molar-refractivity contribution in [1.29, 1.82) is 0 Å². The van der Waals surface area contributed by atoms with Gasteiger partial charge in [0.1, 0.15) is 0 Å². The zero-order valence-corrected chi connectivity index (χ0v) is 13.7. The zero-order chi connectivity index (χ0) is 14.9. The van der Waals surface area contributed by atoms with Crippen molar-refractivity contribution in [3.05, 3.63) is 51.5 Å². The van der Waals surface area contributed by atoms with Gasteiger partial charge in [0.05, 0.1) is 15.6 Å². The fraction of sp³-hybridized carbons (Fsp3) is 0.0769. The second-order valence-corrected chi connectivity index (χ2v) is 7.20. The normalized spacial score (nSPS) is 11.3. The fourth-order valence-electron chi connectivity index (χ4n) is 1.59. The van der Waals surface area contributed by atoms with Gasteiger partial charge in [-0.2, -0.15) is 0 Å². The first-order valence-corrected chi connectivity index (χ1v) is 8.29. The van der Waals surface area contributed by atoms with Crippen molar-refractivity contribution in [1.82, 2.24) is 0 Å². The fourth-order valence-corrected chi connectivity index (χ4v) is 3.15. The van der Waals surface area contributed by atoms with Gasteiger partial charge in [-0.1, -0.05) is 11.6 Å². The lowest BCUT2D eigenvalue weighted by molar-refractivity contribution is 0.601. The van der Waals surface area contributed by atoms with E-state index in [4.69, 9.17) is 17.3 Å². The average Bonchev–Trinajstić information content (AvgIpc) is 2.37. The molecule has 0 saturated carbocycles. The quantitative estimate of drug-likeness (QED) is 0.802. The molecule has 106 valence electrons. The van der Waals surface area contributed by atoms with E-state index in [-0.39, 0.29) is 4.90 Å². The van der Waals surface area contributed by atoms with E-state index in [0.29, 0.717) is 26.4 Å². The molecule has 20 heavy (non-hydrogen) atoms. The molecule has 0 saturated heterocycles. The van der Waals surface area contributed by atoms with Crippen LogP contribution in [0.25, 0.3) is 0 Å². The van der Waals surface area contributed by atoms with Crippen molar-refractivity contribution in [2.75, 3.05) is 10.5 Å². The van der Waals surface area contributed by atoms with Gasteiger partial charge in [0.15, 0.2) is 0 Å². The molecule has 0 radical (unpaired) electrons. The van der Waals surface area contributed by atoms with Crippen LogP contribution < -0.4 is 10.5 Å². The summed E-state index contributed by atoms with van der Waals surface area (Å²) < 4.78 is 27.7. The van der Waals surface area contributed by atoms with Crippen molar-refractivity contribution < 1.29 is 8.42 Å². The summed E-state index contributed by atoms with van der Waals surface area (Å²) in [5.74, 6) is 0. The molecule has 0 amide bonds. The number of sulfonamides is 1. The van der Waals surface area contributed by atoms with Crippen LogP contribution in [0.1, 0.15) is 5.56 Å². The summed E-state index contributed by atoms with van der Waals surface area (Å²) in [5, 5.41) is 0.429. The number of nitrogens with one attached hydrogen (secondary N) is 1. The van der Waals surface area contributed by atoms with Crippen LogP contribution in [0.4, 0.5) is 11.4 Å². The Hall–Kier alpha value is -1.24. The van der Waals surface area contributed by atoms with Gasteiger partial charge >= 0.3 is 0 Å². The predicted octanol–water partition coefficient (Wildman–Crippen LogP) is 3.79. The van der Waals surface area contributed by atoms with E-state index in [9.17, 15) is 8.42 Å². The highest BCUT2D eigenvalue weighted by atomic mass is 79.9. The van der Waals surface area contributed by atoms with E-state index in [1.54, 1.807) is 25.1 Å². The zero-order valence-electron chi connectivity index (χ0n) is 10.5. The molecule has 2 aromatic rings. The SMILES string of the molecule is Cc1cc(S(=O)(=O)Nc2ccc(Br)c(Cl)c2)ccc1N. The third kappa shape index (κ3) is 3.26. The smallest absolute Gasteiger partial charge is 0.261 e. The molecular weight excluding hydrogens is 364 g/mol. The maximum Gasteiger partial charge on any atom is 0.261 e. The Labute approximate surface area is 131 Å².